The SMILES string of the molecule is COc1ccc(C(=O)NC2C=CS(=O)(=O)C2)cc1N. The van der Waals surface area contributed by atoms with Crippen molar-refractivity contribution in [3.05, 3.63) is 35.2 Å². The first-order chi connectivity index (χ1) is 8.91. The summed E-state index contributed by atoms with van der Waals surface area (Å²) in [5.74, 6) is 0.00526. The lowest BCUT2D eigenvalue weighted by molar-refractivity contribution is 0.0947. The predicted octanol–water partition coefficient (Wildman–Crippen LogP) is 0.318. The lowest BCUT2D eigenvalue weighted by Gasteiger charge is -2.11. The molecule has 0 saturated carbocycles. The average Bonchev–Trinajstić information content (AvgIpc) is 2.68. The molecule has 1 aromatic carbocycles. The first kappa shape index (κ1) is 13.4. The number of hydrogen-bond acceptors (Lipinski definition) is 5. The zero-order valence-electron chi connectivity index (χ0n) is 10.3. The van der Waals surface area contributed by atoms with E-state index >= 15 is 0 Å². The molecular formula is C12H14N2O4S. The summed E-state index contributed by atoms with van der Waals surface area (Å²) in [6.07, 6.45) is 1.46. The van der Waals surface area contributed by atoms with Gasteiger partial charge in [-0.25, -0.2) is 8.42 Å². The van der Waals surface area contributed by atoms with Gasteiger partial charge in [0.2, 0.25) is 0 Å². The minimum atomic E-state index is -3.18. The molecule has 0 fully saturated rings. The Labute approximate surface area is 111 Å². The Bertz CT molecular complexity index is 637. The van der Waals surface area contributed by atoms with E-state index in [4.69, 9.17) is 10.5 Å². The number of rotatable bonds is 3. The van der Waals surface area contributed by atoms with Crippen LogP contribution in [-0.2, 0) is 9.84 Å². The highest BCUT2D eigenvalue weighted by Gasteiger charge is 2.23. The first-order valence-electron chi connectivity index (χ1n) is 5.56. The Balaban J connectivity index is 2.09. The summed E-state index contributed by atoms with van der Waals surface area (Å²) in [5.41, 5.74) is 6.42. The van der Waals surface area contributed by atoms with Crippen molar-refractivity contribution in [2.24, 2.45) is 0 Å². The van der Waals surface area contributed by atoms with Crippen molar-refractivity contribution in [3.63, 3.8) is 0 Å². The standard InChI is InChI=1S/C12H14N2O4S/c1-18-11-3-2-8(6-10(11)13)12(15)14-9-4-5-19(16,17)7-9/h2-6,9H,7,13H2,1H3,(H,14,15). The van der Waals surface area contributed by atoms with E-state index in [9.17, 15) is 13.2 Å². The van der Waals surface area contributed by atoms with Crippen LogP contribution in [0.15, 0.2) is 29.7 Å². The van der Waals surface area contributed by atoms with Crippen molar-refractivity contribution >= 4 is 21.4 Å². The van der Waals surface area contributed by atoms with E-state index in [1.54, 1.807) is 12.1 Å². The zero-order chi connectivity index (χ0) is 14.0. The Kier molecular flexibility index (Phi) is 3.48. The van der Waals surface area contributed by atoms with E-state index in [0.29, 0.717) is 17.0 Å². The van der Waals surface area contributed by atoms with Gasteiger partial charge in [0.05, 0.1) is 24.6 Å². The van der Waals surface area contributed by atoms with Crippen molar-refractivity contribution in [1.82, 2.24) is 5.32 Å². The van der Waals surface area contributed by atoms with Gasteiger partial charge in [0, 0.05) is 11.0 Å². The molecule has 1 amide bonds. The van der Waals surface area contributed by atoms with Crippen molar-refractivity contribution in [3.8, 4) is 5.75 Å². The monoisotopic (exact) mass is 282 g/mol. The largest absolute Gasteiger partial charge is 0.495 e. The lowest BCUT2D eigenvalue weighted by Crippen LogP contribution is -2.35. The third-order valence-electron chi connectivity index (χ3n) is 2.74. The number of hydrogen-bond donors (Lipinski definition) is 2. The summed E-state index contributed by atoms with van der Waals surface area (Å²) < 4.78 is 27.4. The van der Waals surface area contributed by atoms with E-state index in [-0.39, 0.29) is 11.7 Å². The molecule has 102 valence electrons. The number of sulfone groups is 1. The maximum absolute atomic E-state index is 11.9. The molecule has 1 aliphatic rings. The molecule has 0 saturated heterocycles. The smallest absolute Gasteiger partial charge is 0.251 e. The van der Waals surface area contributed by atoms with Crippen LogP contribution in [0.1, 0.15) is 10.4 Å². The van der Waals surface area contributed by atoms with Gasteiger partial charge in [-0.05, 0) is 24.3 Å². The minimum absolute atomic E-state index is 0.107. The Hall–Kier alpha value is -2.02. The van der Waals surface area contributed by atoms with E-state index in [0.717, 1.165) is 5.41 Å². The van der Waals surface area contributed by atoms with Crippen LogP contribution in [0.25, 0.3) is 0 Å². The van der Waals surface area contributed by atoms with Gasteiger partial charge in [0.25, 0.3) is 5.91 Å². The van der Waals surface area contributed by atoms with Crippen LogP contribution >= 0.6 is 0 Å². The molecule has 0 radical (unpaired) electrons. The van der Waals surface area contributed by atoms with E-state index in [1.807, 2.05) is 0 Å². The van der Waals surface area contributed by atoms with Crippen molar-refractivity contribution in [2.45, 2.75) is 6.04 Å². The highest BCUT2D eigenvalue weighted by Crippen LogP contribution is 2.22. The topological polar surface area (TPSA) is 98.5 Å². The maximum atomic E-state index is 11.9. The fraction of sp³-hybridized carbons (Fsp3) is 0.250. The Morgan fingerprint density at radius 2 is 2.21 bits per heavy atom. The predicted molar refractivity (Wildman–Crippen MR) is 71.6 cm³/mol. The molecule has 0 spiro atoms. The van der Waals surface area contributed by atoms with Crippen LogP contribution in [-0.4, -0.2) is 33.2 Å². The molecule has 1 atom stereocenters. The van der Waals surface area contributed by atoms with E-state index in [1.165, 1.54) is 19.3 Å². The highest BCUT2D eigenvalue weighted by molar-refractivity contribution is 7.94. The van der Waals surface area contributed by atoms with E-state index in [2.05, 4.69) is 5.32 Å². The molecule has 3 N–H and O–H groups in total. The fourth-order valence-electron chi connectivity index (χ4n) is 1.79. The fourth-order valence-corrected chi connectivity index (χ4v) is 3.03. The first-order valence-corrected chi connectivity index (χ1v) is 7.28. The minimum Gasteiger partial charge on any atom is -0.495 e. The van der Waals surface area contributed by atoms with Crippen molar-refractivity contribution in [1.29, 1.82) is 0 Å². The molecule has 1 unspecified atom stereocenters. The number of carbonyl (C=O) groups is 1. The summed E-state index contributed by atoms with van der Waals surface area (Å²) in [7, 11) is -1.70. The highest BCUT2D eigenvalue weighted by atomic mass is 32.2. The normalized spacial score (nSPS) is 20.2. The number of anilines is 1. The van der Waals surface area contributed by atoms with Gasteiger partial charge in [-0.1, -0.05) is 0 Å². The summed E-state index contributed by atoms with van der Waals surface area (Å²) >= 11 is 0. The molecule has 7 heteroatoms. The van der Waals surface area contributed by atoms with Crippen LogP contribution < -0.4 is 15.8 Å². The third kappa shape index (κ3) is 3.05. The molecule has 6 nitrogen and oxygen atoms in total. The number of nitrogens with two attached hydrogens (primary N) is 1. The van der Waals surface area contributed by atoms with Crippen LogP contribution in [0.3, 0.4) is 0 Å². The number of carbonyl (C=O) groups excluding carboxylic acids is 1. The van der Waals surface area contributed by atoms with Crippen LogP contribution in [0.4, 0.5) is 5.69 Å². The van der Waals surface area contributed by atoms with Crippen LogP contribution in [0, 0.1) is 0 Å². The molecule has 19 heavy (non-hydrogen) atoms. The lowest BCUT2D eigenvalue weighted by atomic mass is 10.1. The van der Waals surface area contributed by atoms with Gasteiger partial charge < -0.3 is 15.8 Å². The second-order valence-corrected chi connectivity index (χ2v) is 6.13. The van der Waals surface area contributed by atoms with Crippen molar-refractivity contribution in [2.75, 3.05) is 18.6 Å². The molecule has 1 aliphatic heterocycles. The number of nitrogen functional groups attached to an aromatic ring is 1. The summed E-state index contributed by atoms with van der Waals surface area (Å²) in [6, 6.07) is 4.14. The van der Waals surface area contributed by atoms with Gasteiger partial charge in [0.15, 0.2) is 9.84 Å². The summed E-state index contributed by atoms with van der Waals surface area (Å²) in [4.78, 5) is 11.9. The van der Waals surface area contributed by atoms with Gasteiger partial charge in [0.1, 0.15) is 5.75 Å². The second kappa shape index (κ2) is 4.93. The quantitative estimate of drug-likeness (QED) is 0.778. The van der Waals surface area contributed by atoms with Gasteiger partial charge >= 0.3 is 0 Å². The zero-order valence-corrected chi connectivity index (χ0v) is 11.1. The molecule has 0 aliphatic carbocycles. The van der Waals surface area contributed by atoms with Crippen molar-refractivity contribution < 1.29 is 17.9 Å². The third-order valence-corrected chi connectivity index (χ3v) is 4.13. The molecule has 2 rings (SSSR count). The Morgan fingerprint density at radius 1 is 1.47 bits per heavy atom. The van der Waals surface area contributed by atoms with Gasteiger partial charge in [-0.3, -0.25) is 4.79 Å². The summed E-state index contributed by atoms with van der Waals surface area (Å²) in [6.45, 7) is 0. The number of methoxy groups -OCH3 is 1. The van der Waals surface area contributed by atoms with Gasteiger partial charge in [-0.15, -0.1) is 0 Å². The number of benzene rings is 1. The molecule has 0 bridgehead atoms. The molecule has 1 heterocycles. The number of nitrogens with one attached hydrogen (secondary N) is 1. The van der Waals surface area contributed by atoms with Crippen LogP contribution in [0.5, 0.6) is 5.75 Å². The second-order valence-electron chi connectivity index (χ2n) is 4.19. The number of amides is 1. The van der Waals surface area contributed by atoms with Gasteiger partial charge in [-0.2, -0.15) is 0 Å². The Morgan fingerprint density at radius 3 is 2.74 bits per heavy atom. The number of ether oxygens (including phenoxy) is 1. The summed E-state index contributed by atoms with van der Waals surface area (Å²) in [5, 5.41) is 3.73. The molecule has 1 aromatic rings. The molecular weight excluding hydrogens is 268 g/mol. The molecule has 0 aromatic heterocycles. The average molecular weight is 282 g/mol. The van der Waals surface area contributed by atoms with Crippen LogP contribution in [0.2, 0.25) is 0 Å². The van der Waals surface area contributed by atoms with E-state index < -0.39 is 15.9 Å². The maximum Gasteiger partial charge on any atom is 0.251 e.